The third-order valence-corrected chi connectivity index (χ3v) is 3.86. The molecule has 1 N–H and O–H groups in total. The normalized spacial score (nSPS) is 12.1. The predicted octanol–water partition coefficient (Wildman–Crippen LogP) is 2.64. The molecule has 7 heteroatoms. The van der Waals surface area contributed by atoms with Gasteiger partial charge in [0.25, 0.3) is 0 Å². The van der Waals surface area contributed by atoms with Crippen molar-refractivity contribution in [3.63, 3.8) is 0 Å². The molecule has 0 saturated carbocycles. The molecule has 1 heterocycles. The molecular weight excluding hydrogens is 339 g/mol. The molecule has 0 amide bonds. The summed E-state index contributed by atoms with van der Waals surface area (Å²) in [5.41, 5.74) is 1.67. The fourth-order valence-corrected chi connectivity index (χ4v) is 2.40. The van der Waals surface area contributed by atoms with Gasteiger partial charge in [0.2, 0.25) is 5.89 Å². The first-order chi connectivity index (χ1) is 12.5. The summed E-state index contributed by atoms with van der Waals surface area (Å²) in [6, 6.07) is 13.0. The maximum absolute atomic E-state index is 13.0. The van der Waals surface area contributed by atoms with Crippen molar-refractivity contribution in [3.05, 3.63) is 70.5 Å². The van der Waals surface area contributed by atoms with Crippen molar-refractivity contribution >= 4 is 0 Å². The first kappa shape index (κ1) is 17.9. The number of hydrogen-bond acceptors (Lipinski definition) is 5. The van der Waals surface area contributed by atoms with E-state index in [2.05, 4.69) is 12.0 Å². The average molecular weight is 358 g/mol. The van der Waals surface area contributed by atoms with Crippen LogP contribution in [-0.2, 0) is 13.0 Å². The molecule has 3 aromatic rings. The van der Waals surface area contributed by atoms with Crippen LogP contribution in [0.3, 0.4) is 0 Å². The zero-order valence-corrected chi connectivity index (χ0v) is 14.3. The summed E-state index contributed by atoms with van der Waals surface area (Å²) in [6.07, 6.45) is -0.00122. The Labute approximate surface area is 149 Å². The van der Waals surface area contributed by atoms with Crippen LogP contribution in [0.5, 0.6) is 5.75 Å². The largest absolute Gasteiger partial charge is 0.491 e. The molecule has 0 bridgehead atoms. The van der Waals surface area contributed by atoms with E-state index in [9.17, 15) is 14.3 Å². The monoisotopic (exact) mass is 358 g/mol. The van der Waals surface area contributed by atoms with Crippen LogP contribution in [0, 0.1) is 5.82 Å². The molecule has 0 spiro atoms. The molecule has 1 atom stereocenters. The van der Waals surface area contributed by atoms with Gasteiger partial charge < -0.3 is 14.3 Å². The number of ether oxygens (including phenoxy) is 1. The zero-order chi connectivity index (χ0) is 18.5. The van der Waals surface area contributed by atoms with E-state index in [1.807, 2.05) is 24.3 Å². The number of rotatable bonds is 7. The van der Waals surface area contributed by atoms with E-state index < -0.39 is 17.7 Å². The molecule has 0 aliphatic carbocycles. The average Bonchev–Trinajstić information content (AvgIpc) is 3.01. The molecular formula is C19H19FN2O4. The van der Waals surface area contributed by atoms with Gasteiger partial charge in [0.05, 0.1) is 6.54 Å². The lowest BCUT2D eigenvalue weighted by atomic mass is 10.2. The topological polar surface area (TPSA) is 77.5 Å². The Morgan fingerprint density at radius 1 is 1.19 bits per heavy atom. The molecule has 3 rings (SSSR count). The summed E-state index contributed by atoms with van der Waals surface area (Å²) in [6.45, 7) is 2.00. The lowest BCUT2D eigenvalue weighted by Gasteiger charge is -2.11. The number of aromatic nitrogens is 2. The van der Waals surface area contributed by atoms with Crippen LogP contribution < -0.4 is 10.5 Å². The van der Waals surface area contributed by atoms with Gasteiger partial charge in [-0.1, -0.05) is 19.1 Å². The first-order valence-electron chi connectivity index (χ1n) is 8.29. The minimum absolute atomic E-state index is 0.0106. The highest BCUT2D eigenvalue weighted by Crippen LogP contribution is 2.16. The summed E-state index contributed by atoms with van der Waals surface area (Å²) in [7, 11) is 0. The SMILES string of the molecule is CCc1ccc(OC[C@H](O)Cn2nc(-c3ccc(F)cc3)oc2=O)cc1. The van der Waals surface area contributed by atoms with Gasteiger partial charge in [0, 0.05) is 5.56 Å². The number of aryl methyl sites for hydroxylation is 1. The summed E-state index contributed by atoms with van der Waals surface area (Å²) in [5.74, 6) is -0.384. The van der Waals surface area contributed by atoms with Crippen LogP contribution in [0.25, 0.3) is 11.5 Å². The van der Waals surface area contributed by atoms with Crippen LogP contribution >= 0.6 is 0 Å². The van der Waals surface area contributed by atoms with E-state index in [-0.39, 0.29) is 19.0 Å². The van der Waals surface area contributed by atoms with E-state index in [0.29, 0.717) is 11.3 Å². The fraction of sp³-hybridized carbons (Fsp3) is 0.263. The second-order valence-corrected chi connectivity index (χ2v) is 5.82. The van der Waals surface area contributed by atoms with Crippen LogP contribution in [0.4, 0.5) is 4.39 Å². The second-order valence-electron chi connectivity index (χ2n) is 5.82. The molecule has 2 aromatic carbocycles. The van der Waals surface area contributed by atoms with E-state index >= 15 is 0 Å². The van der Waals surface area contributed by atoms with Crippen molar-refractivity contribution in [2.75, 3.05) is 6.61 Å². The van der Waals surface area contributed by atoms with E-state index in [4.69, 9.17) is 9.15 Å². The molecule has 0 aliphatic heterocycles. The molecule has 6 nitrogen and oxygen atoms in total. The molecule has 0 aliphatic rings. The molecule has 0 fully saturated rings. The van der Waals surface area contributed by atoms with Gasteiger partial charge in [-0.15, -0.1) is 5.10 Å². The van der Waals surface area contributed by atoms with Crippen molar-refractivity contribution in [1.29, 1.82) is 0 Å². The maximum Gasteiger partial charge on any atom is 0.437 e. The molecule has 1 aromatic heterocycles. The highest BCUT2D eigenvalue weighted by Gasteiger charge is 2.14. The lowest BCUT2D eigenvalue weighted by Crippen LogP contribution is -2.29. The van der Waals surface area contributed by atoms with Gasteiger partial charge >= 0.3 is 5.76 Å². The summed E-state index contributed by atoms with van der Waals surface area (Å²) < 4.78 is 24.6. The third-order valence-electron chi connectivity index (χ3n) is 3.86. The quantitative estimate of drug-likeness (QED) is 0.703. The predicted molar refractivity (Wildman–Crippen MR) is 93.5 cm³/mol. The number of aliphatic hydroxyl groups is 1. The smallest absolute Gasteiger partial charge is 0.437 e. The molecule has 0 saturated heterocycles. The van der Waals surface area contributed by atoms with Crippen LogP contribution in [-0.4, -0.2) is 27.6 Å². The Hall–Kier alpha value is -2.93. The van der Waals surface area contributed by atoms with Gasteiger partial charge in [0.15, 0.2) is 0 Å². The molecule has 0 unspecified atom stereocenters. The molecule has 26 heavy (non-hydrogen) atoms. The molecule has 0 radical (unpaired) electrons. The second kappa shape index (κ2) is 7.97. The van der Waals surface area contributed by atoms with Gasteiger partial charge in [-0.2, -0.15) is 4.68 Å². The summed E-state index contributed by atoms with van der Waals surface area (Å²) >= 11 is 0. The van der Waals surface area contributed by atoms with E-state index in [1.54, 1.807) is 0 Å². The Kier molecular flexibility index (Phi) is 5.48. The Bertz CT molecular complexity index is 901. The van der Waals surface area contributed by atoms with Crippen LogP contribution in [0.15, 0.2) is 57.7 Å². The highest BCUT2D eigenvalue weighted by atomic mass is 19.1. The Morgan fingerprint density at radius 3 is 2.54 bits per heavy atom. The standard InChI is InChI=1S/C19H19FN2O4/c1-2-13-3-9-17(10-4-13)25-12-16(23)11-22-19(24)26-18(21-22)14-5-7-15(20)8-6-14/h3-10,16,23H,2,11-12H2,1H3/t16-/m1/s1. The van der Waals surface area contributed by atoms with Crippen molar-refractivity contribution in [2.45, 2.75) is 26.0 Å². The van der Waals surface area contributed by atoms with Gasteiger partial charge in [-0.05, 0) is 48.4 Å². The highest BCUT2D eigenvalue weighted by molar-refractivity contribution is 5.51. The maximum atomic E-state index is 13.0. The Morgan fingerprint density at radius 2 is 1.88 bits per heavy atom. The summed E-state index contributed by atoms with van der Waals surface area (Å²) in [5, 5.41) is 14.1. The van der Waals surface area contributed by atoms with E-state index in [0.717, 1.165) is 11.1 Å². The molecule has 136 valence electrons. The fourth-order valence-electron chi connectivity index (χ4n) is 2.40. The minimum Gasteiger partial charge on any atom is -0.491 e. The third kappa shape index (κ3) is 4.37. The Balaban J connectivity index is 1.61. The van der Waals surface area contributed by atoms with Gasteiger partial charge in [-0.25, -0.2) is 9.18 Å². The number of nitrogens with zero attached hydrogens (tertiary/aromatic N) is 2. The first-order valence-corrected chi connectivity index (χ1v) is 8.29. The van der Waals surface area contributed by atoms with Crippen LogP contribution in [0.2, 0.25) is 0 Å². The van der Waals surface area contributed by atoms with Gasteiger partial charge in [0.1, 0.15) is 24.3 Å². The van der Waals surface area contributed by atoms with Crippen molar-refractivity contribution < 1.29 is 18.7 Å². The number of hydrogen-bond donors (Lipinski definition) is 1. The van der Waals surface area contributed by atoms with Crippen molar-refractivity contribution in [2.24, 2.45) is 0 Å². The van der Waals surface area contributed by atoms with Crippen molar-refractivity contribution in [1.82, 2.24) is 9.78 Å². The number of halogens is 1. The number of aliphatic hydroxyl groups excluding tert-OH is 1. The number of benzene rings is 2. The summed E-state index contributed by atoms with van der Waals surface area (Å²) in [4.78, 5) is 11.9. The van der Waals surface area contributed by atoms with Gasteiger partial charge in [-0.3, -0.25) is 0 Å². The van der Waals surface area contributed by atoms with Crippen molar-refractivity contribution in [3.8, 4) is 17.2 Å². The lowest BCUT2D eigenvalue weighted by molar-refractivity contribution is 0.0875. The van der Waals surface area contributed by atoms with Crippen LogP contribution in [0.1, 0.15) is 12.5 Å². The minimum atomic E-state index is -0.940. The van der Waals surface area contributed by atoms with E-state index in [1.165, 1.54) is 29.8 Å². The zero-order valence-electron chi connectivity index (χ0n) is 14.3.